The molecular formula is C13H15BrFN3. The number of hydrogen-bond acceptors (Lipinski definition) is 3. The summed E-state index contributed by atoms with van der Waals surface area (Å²) in [7, 11) is 0. The third kappa shape index (κ3) is 2.41. The summed E-state index contributed by atoms with van der Waals surface area (Å²) in [6.07, 6.45) is 0. The van der Waals surface area contributed by atoms with E-state index in [2.05, 4.69) is 27.3 Å². The molecule has 1 aliphatic heterocycles. The van der Waals surface area contributed by atoms with Crippen molar-refractivity contribution in [3.05, 3.63) is 34.1 Å². The molecule has 1 fully saturated rings. The molecule has 1 heterocycles. The molecule has 0 spiro atoms. The van der Waals surface area contributed by atoms with Gasteiger partial charge in [-0.15, -0.1) is 0 Å². The van der Waals surface area contributed by atoms with Gasteiger partial charge in [-0.25, -0.2) is 4.39 Å². The van der Waals surface area contributed by atoms with E-state index in [4.69, 9.17) is 0 Å². The van der Waals surface area contributed by atoms with Crippen LogP contribution in [0.25, 0.3) is 0 Å². The SMILES string of the molecule is CC(C#N)(c1cc(Br)ccc1F)N1CCNCC1. The normalized spacial score (nSPS) is 20.1. The van der Waals surface area contributed by atoms with Crippen molar-refractivity contribution in [1.82, 2.24) is 10.2 Å². The van der Waals surface area contributed by atoms with Crippen LogP contribution in [0.15, 0.2) is 22.7 Å². The van der Waals surface area contributed by atoms with Crippen LogP contribution in [0.5, 0.6) is 0 Å². The largest absolute Gasteiger partial charge is 0.314 e. The topological polar surface area (TPSA) is 39.1 Å². The molecule has 0 aliphatic carbocycles. The number of nitrogens with one attached hydrogen (secondary N) is 1. The van der Waals surface area contributed by atoms with Crippen molar-refractivity contribution < 1.29 is 4.39 Å². The molecule has 5 heteroatoms. The summed E-state index contributed by atoms with van der Waals surface area (Å²) < 4.78 is 14.8. The number of rotatable bonds is 2. The molecule has 96 valence electrons. The number of nitrogens with zero attached hydrogens (tertiary/aromatic N) is 2. The van der Waals surface area contributed by atoms with E-state index >= 15 is 0 Å². The van der Waals surface area contributed by atoms with Gasteiger partial charge in [0.15, 0.2) is 0 Å². The lowest BCUT2D eigenvalue weighted by molar-refractivity contribution is 0.129. The van der Waals surface area contributed by atoms with Crippen molar-refractivity contribution in [1.29, 1.82) is 5.26 Å². The van der Waals surface area contributed by atoms with Gasteiger partial charge in [-0.05, 0) is 25.1 Å². The van der Waals surface area contributed by atoms with Crippen molar-refractivity contribution >= 4 is 15.9 Å². The van der Waals surface area contributed by atoms with E-state index in [-0.39, 0.29) is 5.82 Å². The fourth-order valence-corrected chi connectivity index (χ4v) is 2.64. The molecule has 1 aromatic carbocycles. The predicted octanol–water partition coefficient (Wildman–Crippen LogP) is 2.23. The van der Waals surface area contributed by atoms with Crippen molar-refractivity contribution in [2.24, 2.45) is 0 Å². The van der Waals surface area contributed by atoms with Gasteiger partial charge in [0.05, 0.1) is 6.07 Å². The lowest BCUT2D eigenvalue weighted by atomic mass is 9.90. The van der Waals surface area contributed by atoms with E-state index in [0.29, 0.717) is 5.56 Å². The van der Waals surface area contributed by atoms with Gasteiger partial charge in [0.25, 0.3) is 0 Å². The predicted molar refractivity (Wildman–Crippen MR) is 71.5 cm³/mol. The lowest BCUT2D eigenvalue weighted by Gasteiger charge is -2.39. The fraction of sp³-hybridized carbons (Fsp3) is 0.462. The quantitative estimate of drug-likeness (QED) is 0.910. The van der Waals surface area contributed by atoms with E-state index in [9.17, 15) is 9.65 Å². The van der Waals surface area contributed by atoms with E-state index in [1.54, 1.807) is 19.1 Å². The van der Waals surface area contributed by atoms with Crippen LogP contribution < -0.4 is 5.32 Å². The Morgan fingerprint density at radius 1 is 1.44 bits per heavy atom. The van der Waals surface area contributed by atoms with Crippen LogP contribution >= 0.6 is 15.9 Å². The highest BCUT2D eigenvalue weighted by Gasteiger charge is 2.36. The van der Waals surface area contributed by atoms with Crippen LogP contribution in [-0.2, 0) is 5.54 Å². The zero-order valence-corrected chi connectivity index (χ0v) is 11.8. The van der Waals surface area contributed by atoms with Gasteiger partial charge in [-0.3, -0.25) is 4.90 Å². The Morgan fingerprint density at radius 2 is 2.11 bits per heavy atom. The standard InChI is InChI=1S/C13H15BrFN3/c1-13(9-16,18-6-4-17-5-7-18)11-8-10(14)2-3-12(11)15/h2-3,8,17H,4-7H2,1H3. The van der Waals surface area contributed by atoms with Crippen LogP contribution in [0.2, 0.25) is 0 Å². The summed E-state index contributed by atoms with van der Waals surface area (Å²) in [4.78, 5) is 2.02. The molecule has 3 nitrogen and oxygen atoms in total. The van der Waals surface area contributed by atoms with Crippen LogP contribution in [0.4, 0.5) is 4.39 Å². The highest BCUT2D eigenvalue weighted by Crippen LogP contribution is 2.31. The van der Waals surface area contributed by atoms with Crippen LogP contribution in [-0.4, -0.2) is 31.1 Å². The second-order valence-electron chi connectivity index (χ2n) is 4.55. The summed E-state index contributed by atoms with van der Waals surface area (Å²) in [5, 5.41) is 12.7. The molecule has 1 unspecified atom stereocenters. The first-order valence-corrected chi connectivity index (χ1v) is 6.70. The smallest absolute Gasteiger partial charge is 0.134 e. The van der Waals surface area contributed by atoms with E-state index in [1.165, 1.54) is 6.07 Å². The van der Waals surface area contributed by atoms with E-state index in [0.717, 1.165) is 30.7 Å². The van der Waals surface area contributed by atoms with Crippen molar-refractivity contribution in [3.63, 3.8) is 0 Å². The van der Waals surface area contributed by atoms with Crippen LogP contribution in [0, 0.1) is 17.1 Å². The Hall–Kier alpha value is -0.960. The van der Waals surface area contributed by atoms with Crippen LogP contribution in [0.3, 0.4) is 0 Å². The van der Waals surface area contributed by atoms with Gasteiger partial charge in [0, 0.05) is 36.2 Å². The molecule has 18 heavy (non-hydrogen) atoms. The third-order valence-corrected chi connectivity index (χ3v) is 3.91. The first-order valence-electron chi connectivity index (χ1n) is 5.90. The maximum absolute atomic E-state index is 14.0. The molecule has 1 aliphatic rings. The maximum atomic E-state index is 14.0. The van der Waals surface area contributed by atoms with Crippen molar-refractivity contribution in [3.8, 4) is 6.07 Å². The van der Waals surface area contributed by atoms with Gasteiger partial charge >= 0.3 is 0 Å². The van der Waals surface area contributed by atoms with Gasteiger partial charge in [-0.2, -0.15) is 5.26 Å². The molecule has 0 radical (unpaired) electrons. The number of benzene rings is 1. The Morgan fingerprint density at radius 3 is 2.72 bits per heavy atom. The van der Waals surface area contributed by atoms with Crippen molar-refractivity contribution in [2.75, 3.05) is 26.2 Å². The first kappa shape index (κ1) is 13.5. The molecule has 1 N–H and O–H groups in total. The Bertz CT molecular complexity index is 480. The monoisotopic (exact) mass is 311 g/mol. The van der Waals surface area contributed by atoms with Crippen molar-refractivity contribution in [2.45, 2.75) is 12.5 Å². The minimum Gasteiger partial charge on any atom is -0.314 e. The summed E-state index contributed by atoms with van der Waals surface area (Å²) in [6, 6.07) is 7.01. The summed E-state index contributed by atoms with van der Waals surface area (Å²) in [6.45, 7) is 4.93. The summed E-state index contributed by atoms with van der Waals surface area (Å²) >= 11 is 3.34. The fourth-order valence-electron chi connectivity index (χ4n) is 2.28. The summed E-state index contributed by atoms with van der Waals surface area (Å²) in [5.74, 6) is -0.333. The van der Waals surface area contributed by atoms with Gasteiger partial charge < -0.3 is 5.32 Å². The molecular weight excluding hydrogens is 297 g/mol. The second-order valence-corrected chi connectivity index (χ2v) is 5.46. The van der Waals surface area contributed by atoms with E-state index in [1.807, 2.05) is 4.90 Å². The Labute approximate surface area is 115 Å². The van der Waals surface area contributed by atoms with E-state index < -0.39 is 5.54 Å². The minimum atomic E-state index is -0.921. The highest BCUT2D eigenvalue weighted by molar-refractivity contribution is 9.10. The number of piperazine rings is 1. The van der Waals surface area contributed by atoms with Gasteiger partial charge in [0.1, 0.15) is 11.4 Å². The maximum Gasteiger partial charge on any atom is 0.134 e. The summed E-state index contributed by atoms with van der Waals surface area (Å²) in [5.41, 5.74) is -0.489. The molecule has 0 bridgehead atoms. The number of nitriles is 1. The second kappa shape index (κ2) is 5.35. The molecule has 1 aromatic rings. The molecule has 0 amide bonds. The van der Waals surface area contributed by atoms with Gasteiger partial charge in [0.2, 0.25) is 0 Å². The molecule has 2 rings (SSSR count). The average molecular weight is 312 g/mol. The molecule has 0 saturated carbocycles. The lowest BCUT2D eigenvalue weighted by Crippen LogP contribution is -2.52. The zero-order valence-electron chi connectivity index (χ0n) is 10.2. The van der Waals surface area contributed by atoms with Gasteiger partial charge in [-0.1, -0.05) is 15.9 Å². The molecule has 1 atom stereocenters. The Balaban J connectivity index is 2.42. The zero-order chi connectivity index (χ0) is 13.2. The Kier molecular flexibility index (Phi) is 4.00. The molecule has 1 saturated heterocycles. The van der Waals surface area contributed by atoms with Crippen LogP contribution in [0.1, 0.15) is 12.5 Å². The number of hydrogen-bond donors (Lipinski definition) is 1. The minimum absolute atomic E-state index is 0.333. The highest BCUT2D eigenvalue weighted by atomic mass is 79.9. The number of halogens is 2. The first-order chi connectivity index (χ1) is 8.58. The molecule has 0 aromatic heterocycles. The third-order valence-electron chi connectivity index (χ3n) is 3.42. The average Bonchev–Trinajstić information content (AvgIpc) is 2.41.